The highest BCUT2D eigenvalue weighted by molar-refractivity contribution is 5.01. The summed E-state index contributed by atoms with van der Waals surface area (Å²) in [6, 6.07) is 0. The Hall–Kier alpha value is -0.380. The van der Waals surface area contributed by atoms with Gasteiger partial charge in [-0.05, 0) is 13.3 Å². The maximum Gasteiger partial charge on any atom is 0.0982 e. The Kier molecular flexibility index (Phi) is 2.88. The smallest absolute Gasteiger partial charge is 0.0982 e. The van der Waals surface area contributed by atoms with E-state index in [9.17, 15) is 0 Å². The summed E-state index contributed by atoms with van der Waals surface area (Å²) in [4.78, 5) is 0. The molecule has 0 spiro atoms. The van der Waals surface area contributed by atoms with Crippen molar-refractivity contribution in [2.45, 2.75) is 43.5 Å². The van der Waals surface area contributed by atoms with Crippen LogP contribution in [0.5, 0.6) is 0 Å². The van der Waals surface area contributed by atoms with Gasteiger partial charge < -0.3 is 14.2 Å². The molecule has 3 heteroatoms. The summed E-state index contributed by atoms with van der Waals surface area (Å²) >= 11 is 0. The first-order valence-electron chi connectivity index (χ1n) is 5.53. The molecule has 0 aromatic carbocycles. The zero-order chi connectivity index (χ0) is 10.9. The molecule has 2 rings (SSSR count). The Morgan fingerprint density at radius 3 is 2.93 bits per heavy atom. The minimum atomic E-state index is -0.201. The van der Waals surface area contributed by atoms with Gasteiger partial charge in [-0.3, -0.25) is 0 Å². The second-order valence-electron chi connectivity index (χ2n) is 4.99. The van der Waals surface area contributed by atoms with Gasteiger partial charge in [-0.2, -0.15) is 0 Å². The first-order valence-corrected chi connectivity index (χ1v) is 5.53. The van der Waals surface area contributed by atoms with Crippen molar-refractivity contribution in [3.8, 4) is 0 Å². The van der Waals surface area contributed by atoms with Crippen molar-refractivity contribution in [2.75, 3.05) is 20.3 Å². The number of ether oxygens (including phenoxy) is 3. The van der Waals surface area contributed by atoms with E-state index in [1.54, 1.807) is 7.11 Å². The average Bonchev–Trinajstić information content (AvgIpc) is 2.15. The molecule has 2 heterocycles. The van der Waals surface area contributed by atoms with E-state index < -0.39 is 0 Å². The molecule has 0 aromatic rings. The van der Waals surface area contributed by atoms with E-state index in [1.165, 1.54) is 0 Å². The molecule has 3 nitrogen and oxygen atoms in total. The average molecular weight is 212 g/mol. The number of hydrogen-bond donors (Lipinski definition) is 0. The Balaban J connectivity index is 2.18. The lowest BCUT2D eigenvalue weighted by Crippen LogP contribution is -2.60. The van der Waals surface area contributed by atoms with Gasteiger partial charge in [0.05, 0.1) is 30.5 Å². The van der Waals surface area contributed by atoms with Crippen LogP contribution in [0.3, 0.4) is 0 Å². The normalized spacial score (nSPS) is 45.1. The number of fused-ring (bicyclic) bond motifs is 2. The van der Waals surface area contributed by atoms with E-state index >= 15 is 0 Å². The molecular formula is C12H20O3. The van der Waals surface area contributed by atoms with Crippen LogP contribution < -0.4 is 0 Å². The van der Waals surface area contributed by atoms with Crippen LogP contribution in [0, 0.1) is 0 Å². The van der Waals surface area contributed by atoms with Crippen LogP contribution in [0.15, 0.2) is 12.7 Å². The molecule has 2 saturated heterocycles. The predicted molar refractivity (Wildman–Crippen MR) is 57.9 cm³/mol. The van der Waals surface area contributed by atoms with Crippen LogP contribution in [0.2, 0.25) is 0 Å². The third-order valence-electron chi connectivity index (χ3n) is 3.34. The number of rotatable bonds is 3. The van der Waals surface area contributed by atoms with Gasteiger partial charge in [0, 0.05) is 20.0 Å². The van der Waals surface area contributed by atoms with Gasteiger partial charge in [0.2, 0.25) is 0 Å². The molecule has 0 radical (unpaired) electrons. The van der Waals surface area contributed by atoms with E-state index in [2.05, 4.69) is 13.5 Å². The third kappa shape index (κ3) is 2.10. The Morgan fingerprint density at radius 1 is 1.47 bits per heavy atom. The predicted octanol–water partition coefficient (Wildman–Crippen LogP) is 1.92. The second-order valence-corrected chi connectivity index (χ2v) is 4.99. The minimum Gasteiger partial charge on any atom is -0.381 e. The zero-order valence-corrected chi connectivity index (χ0v) is 9.62. The molecule has 15 heavy (non-hydrogen) atoms. The van der Waals surface area contributed by atoms with Crippen molar-refractivity contribution in [1.82, 2.24) is 0 Å². The molecule has 86 valence electrons. The Labute approximate surface area is 91.4 Å². The highest BCUT2D eigenvalue weighted by Crippen LogP contribution is 2.42. The van der Waals surface area contributed by atoms with Crippen molar-refractivity contribution >= 4 is 0 Å². The molecule has 2 aliphatic heterocycles. The highest BCUT2D eigenvalue weighted by Gasteiger charge is 2.50. The third-order valence-corrected chi connectivity index (χ3v) is 3.34. The lowest BCUT2D eigenvalue weighted by Gasteiger charge is -2.52. The lowest BCUT2D eigenvalue weighted by atomic mass is 9.81. The van der Waals surface area contributed by atoms with Crippen LogP contribution in [-0.2, 0) is 14.2 Å². The van der Waals surface area contributed by atoms with E-state index in [0.29, 0.717) is 13.2 Å². The minimum absolute atomic E-state index is 0.180. The van der Waals surface area contributed by atoms with Crippen LogP contribution >= 0.6 is 0 Å². The monoisotopic (exact) mass is 212 g/mol. The van der Waals surface area contributed by atoms with Gasteiger partial charge in [0.25, 0.3) is 0 Å². The fraction of sp³-hybridized carbons (Fsp3) is 0.833. The van der Waals surface area contributed by atoms with Crippen molar-refractivity contribution in [3.05, 3.63) is 12.7 Å². The van der Waals surface area contributed by atoms with Gasteiger partial charge >= 0.3 is 0 Å². The van der Waals surface area contributed by atoms with E-state index in [0.717, 1.165) is 19.3 Å². The van der Waals surface area contributed by atoms with E-state index in [1.807, 2.05) is 6.08 Å². The molecule has 3 atom stereocenters. The molecule has 0 aliphatic carbocycles. The Bertz CT molecular complexity index is 253. The summed E-state index contributed by atoms with van der Waals surface area (Å²) in [5, 5.41) is 0. The summed E-state index contributed by atoms with van der Waals surface area (Å²) in [7, 11) is 1.78. The number of hydrogen-bond acceptors (Lipinski definition) is 3. The quantitative estimate of drug-likeness (QED) is 0.669. The summed E-state index contributed by atoms with van der Waals surface area (Å²) in [5.41, 5.74) is -0.381. The first-order chi connectivity index (χ1) is 7.11. The molecular weight excluding hydrogens is 192 g/mol. The first kappa shape index (κ1) is 11.1. The Morgan fingerprint density at radius 2 is 2.27 bits per heavy atom. The SMILES string of the molecule is C=CC[C@]12COC[C@](C)(C[C@@H](OC)C1)O2. The van der Waals surface area contributed by atoms with Crippen LogP contribution in [-0.4, -0.2) is 37.6 Å². The maximum atomic E-state index is 6.19. The molecule has 2 bridgehead atoms. The molecule has 2 fully saturated rings. The van der Waals surface area contributed by atoms with Crippen molar-refractivity contribution in [3.63, 3.8) is 0 Å². The van der Waals surface area contributed by atoms with E-state index in [4.69, 9.17) is 14.2 Å². The van der Waals surface area contributed by atoms with Gasteiger partial charge in [-0.1, -0.05) is 6.08 Å². The fourth-order valence-electron chi connectivity index (χ4n) is 2.82. The summed E-state index contributed by atoms with van der Waals surface area (Å²) in [6.07, 6.45) is 4.86. The second kappa shape index (κ2) is 3.89. The van der Waals surface area contributed by atoms with Crippen LogP contribution in [0.4, 0.5) is 0 Å². The fourth-order valence-corrected chi connectivity index (χ4v) is 2.82. The van der Waals surface area contributed by atoms with Crippen molar-refractivity contribution in [1.29, 1.82) is 0 Å². The maximum absolute atomic E-state index is 6.19. The zero-order valence-electron chi connectivity index (χ0n) is 9.62. The van der Waals surface area contributed by atoms with Gasteiger partial charge in [-0.15, -0.1) is 6.58 Å². The van der Waals surface area contributed by atoms with Crippen molar-refractivity contribution < 1.29 is 14.2 Å². The molecule has 0 N–H and O–H groups in total. The topological polar surface area (TPSA) is 27.7 Å². The van der Waals surface area contributed by atoms with Gasteiger partial charge in [0.1, 0.15) is 0 Å². The largest absolute Gasteiger partial charge is 0.381 e. The molecule has 0 saturated carbocycles. The summed E-state index contributed by atoms with van der Waals surface area (Å²) < 4.78 is 17.3. The molecule has 0 amide bonds. The van der Waals surface area contributed by atoms with Crippen LogP contribution in [0.1, 0.15) is 26.2 Å². The van der Waals surface area contributed by atoms with Crippen molar-refractivity contribution in [2.24, 2.45) is 0 Å². The standard InChI is InChI=1S/C12H20O3/c1-4-5-12-7-10(13-3)6-11(2,15-12)8-14-9-12/h4,10H,1,5-9H2,2-3H3/t10-,11+,12-/m1/s1. The van der Waals surface area contributed by atoms with E-state index in [-0.39, 0.29) is 17.3 Å². The highest BCUT2D eigenvalue weighted by atomic mass is 16.6. The summed E-state index contributed by atoms with van der Waals surface area (Å²) in [5.74, 6) is 0. The van der Waals surface area contributed by atoms with Gasteiger partial charge in [-0.25, -0.2) is 0 Å². The van der Waals surface area contributed by atoms with Gasteiger partial charge in [0.15, 0.2) is 0 Å². The summed E-state index contributed by atoms with van der Waals surface area (Å²) in [6.45, 7) is 7.23. The lowest BCUT2D eigenvalue weighted by molar-refractivity contribution is -0.285. The molecule has 2 aliphatic rings. The molecule has 0 unspecified atom stereocenters. The number of methoxy groups -OCH3 is 1. The van der Waals surface area contributed by atoms with Crippen LogP contribution in [0.25, 0.3) is 0 Å². The molecule has 0 aromatic heterocycles.